The minimum absolute atomic E-state index is 0.0705. The Labute approximate surface area is 188 Å². The van der Waals surface area contributed by atoms with Gasteiger partial charge >= 0.3 is 0 Å². The second-order valence-corrected chi connectivity index (χ2v) is 8.82. The Kier molecular flexibility index (Phi) is 6.79. The maximum Gasteiger partial charge on any atom is 0.286 e. The van der Waals surface area contributed by atoms with Crippen LogP contribution in [0.2, 0.25) is 5.02 Å². The summed E-state index contributed by atoms with van der Waals surface area (Å²) in [6.07, 6.45) is 1.50. The molecule has 0 bridgehead atoms. The highest BCUT2D eigenvalue weighted by molar-refractivity contribution is 7.15. The summed E-state index contributed by atoms with van der Waals surface area (Å²) in [4.78, 5) is 41.6. The van der Waals surface area contributed by atoms with E-state index in [1.165, 1.54) is 0 Å². The largest absolute Gasteiger partial charge is 0.378 e. The maximum atomic E-state index is 12.9. The summed E-state index contributed by atoms with van der Waals surface area (Å²) in [5.41, 5.74) is 0.568. The van der Waals surface area contributed by atoms with Crippen molar-refractivity contribution in [1.29, 1.82) is 0 Å². The summed E-state index contributed by atoms with van der Waals surface area (Å²) in [6, 6.07) is 6.67. The second-order valence-electron chi connectivity index (χ2n) is 7.40. The Morgan fingerprint density at radius 1 is 1.03 bits per heavy atom. The van der Waals surface area contributed by atoms with Gasteiger partial charge in [-0.15, -0.1) is 10.2 Å². The smallest absolute Gasteiger partial charge is 0.286 e. The third kappa shape index (κ3) is 5.20. The zero-order valence-corrected chi connectivity index (χ0v) is 18.3. The lowest BCUT2D eigenvalue weighted by atomic mass is 9.96. The summed E-state index contributed by atoms with van der Waals surface area (Å²) in [5.74, 6) is -0.905. The van der Waals surface area contributed by atoms with Crippen LogP contribution in [0, 0.1) is 5.92 Å². The molecule has 1 N–H and O–H groups in total. The van der Waals surface area contributed by atoms with Crippen molar-refractivity contribution < 1.29 is 19.1 Å². The molecule has 1 aromatic heterocycles. The van der Waals surface area contributed by atoms with Gasteiger partial charge in [-0.25, -0.2) is 0 Å². The first-order valence-electron chi connectivity index (χ1n) is 10.1. The Morgan fingerprint density at radius 3 is 2.48 bits per heavy atom. The van der Waals surface area contributed by atoms with Crippen LogP contribution in [0.3, 0.4) is 0 Å². The number of rotatable bonds is 4. The molecule has 9 nitrogen and oxygen atoms in total. The molecule has 4 rings (SSSR count). The molecule has 0 radical (unpaired) electrons. The molecule has 2 fully saturated rings. The van der Waals surface area contributed by atoms with Crippen LogP contribution in [-0.4, -0.2) is 77.1 Å². The molecule has 11 heteroatoms. The molecular weight excluding hydrogens is 442 g/mol. The fraction of sp³-hybridized carbons (Fsp3) is 0.450. The quantitative estimate of drug-likeness (QED) is 0.745. The predicted molar refractivity (Wildman–Crippen MR) is 115 cm³/mol. The van der Waals surface area contributed by atoms with Crippen molar-refractivity contribution in [2.24, 2.45) is 5.92 Å². The molecule has 1 unspecified atom stereocenters. The fourth-order valence-corrected chi connectivity index (χ4v) is 4.49. The molecule has 0 spiro atoms. The van der Waals surface area contributed by atoms with Gasteiger partial charge in [-0.2, -0.15) is 0 Å². The lowest BCUT2D eigenvalue weighted by Crippen LogP contribution is -2.49. The predicted octanol–water partition coefficient (Wildman–Crippen LogP) is 2.15. The number of hydrogen-bond acceptors (Lipinski definition) is 7. The number of morpholine rings is 1. The Bertz CT molecular complexity index is 961. The first-order chi connectivity index (χ1) is 15.0. The van der Waals surface area contributed by atoms with Gasteiger partial charge in [-0.3, -0.25) is 14.4 Å². The van der Waals surface area contributed by atoms with E-state index in [4.69, 9.17) is 16.3 Å². The monoisotopic (exact) mass is 463 g/mol. The number of aromatic nitrogens is 2. The maximum absolute atomic E-state index is 12.9. The van der Waals surface area contributed by atoms with Crippen LogP contribution < -0.4 is 5.32 Å². The van der Waals surface area contributed by atoms with Crippen LogP contribution in [0.5, 0.6) is 0 Å². The van der Waals surface area contributed by atoms with E-state index in [-0.39, 0.29) is 27.7 Å². The van der Waals surface area contributed by atoms with Crippen molar-refractivity contribution in [3.8, 4) is 0 Å². The van der Waals surface area contributed by atoms with Gasteiger partial charge in [0.05, 0.1) is 19.1 Å². The summed E-state index contributed by atoms with van der Waals surface area (Å²) < 4.78 is 5.31. The van der Waals surface area contributed by atoms with Gasteiger partial charge in [0.2, 0.25) is 15.9 Å². The first kappa shape index (κ1) is 21.7. The fourth-order valence-electron chi connectivity index (χ4n) is 3.66. The molecule has 3 heterocycles. The molecule has 0 aliphatic carbocycles. The number of nitrogens with zero attached hydrogens (tertiary/aromatic N) is 4. The second kappa shape index (κ2) is 9.71. The van der Waals surface area contributed by atoms with Gasteiger partial charge in [0, 0.05) is 36.9 Å². The van der Waals surface area contributed by atoms with Gasteiger partial charge in [0.1, 0.15) is 0 Å². The number of hydrogen-bond donors (Lipinski definition) is 1. The summed E-state index contributed by atoms with van der Waals surface area (Å²) in [6.45, 7) is 3.18. The third-order valence-electron chi connectivity index (χ3n) is 5.28. The Hall–Kier alpha value is -2.56. The highest BCUT2D eigenvalue weighted by atomic mass is 35.5. The van der Waals surface area contributed by atoms with Crippen molar-refractivity contribution in [3.05, 3.63) is 39.3 Å². The van der Waals surface area contributed by atoms with E-state index < -0.39 is 5.91 Å². The number of piperidine rings is 1. The van der Waals surface area contributed by atoms with Crippen molar-refractivity contribution in [2.75, 3.05) is 44.7 Å². The standard InChI is InChI=1S/C20H22ClN5O4S/c21-14-3-5-15(6-4-14)22-16(27)17-23-24-18(31-17)20(29)26-7-1-2-13(12-26)19(28)25-8-10-30-11-9-25/h3-6,13H,1-2,7-12H2,(H,22,27). The van der Waals surface area contributed by atoms with E-state index >= 15 is 0 Å². The van der Waals surface area contributed by atoms with Crippen LogP contribution in [-0.2, 0) is 9.53 Å². The van der Waals surface area contributed by atoms with Crippen LogP contribution in [0.15, 0.2) is 24.3 Å². The number of carbonyl (C=O) groups excluding carboxylic acids is 3. The summed E-state index contributed by atoms with van der Waals surface area (Å²) in [5, 5.41) is 11.3. The number of halogens is 1. The minimum Gasteiger partial charge on any atom is -0.378 e. The number of amides is 3. The van der Waals surface area contributed by atoms with E-state index in [1.54, 1.807) is 29.2 Å². The highest BCUT2D eigenvalue weighted by Crippen LogP contribution is 2.23. The number of nitrogens with one attached hydrogen (secondary N) is 1. The summed E-state index contributed by atoms with van der Waals surface area (Å²) in [7, 11) is 0. The molecule has 1 aromatic carbocycles. The number of likely N-dealkylation sites (tertiary alicyclic amines) is 1. The number of ether oxygens (including phenoxy) is 1. The lowest BCUT2D eigenvalue weighted by molar-refractivity contribution is -0.141. The van der Waals surface area contributed by atoms with E-state index in [0.29, 0.717) is 50.1 Å². The number of anilines is 1. The molecule has 2 aromatic rings. The van der Waals surface area contributed by atoms with Gasteiger partial charge < -0.3 is 19.9 Å². The van der Waals surface area contributed by atoms with E-state index in [1.807, 2.05) is 4.90 Å². The van der Waals surface area contributed by atoms with Crippen LogP contribution >= 0.6 is 22.9 Å². The van der Waals surface area contributed by atoms with Crippen molar-refractivity contribution in [1.82, 2.24) is 20.0 Å². The topological polar surface area (TPSA) is 105 Å². The molecule has 1 atom stereocenters. The average Bonchev–Trinajstić information content (AvgIpc) is 3.31. The summed E-state index contributed by atoms with van der Waals surface area (Å²) >= 11 is 6.79. The molecule has 2 saturated heterocycles. The lowest BCUT2D eigenvalue weighted by Gasteiger charge is -2.35. The van der Waals surface area contributed by atoms with Gasteiger partial charge in [-0.05, 0) is 37.1 Å². The van der Waals surface area contributed by atoms with Gasteiger partial charge in [0.25, 0.3) is 11.8 Å². The highest BCUT2D eigenvalue weighted by Gasteiger charge is 2.33. The minimum atomic E-state index is -0.446. The zero-order valence-electron chi connectivity index (χ0n) is 16.8. The third-order valence-corrected chi connectivity index (χ3v) is 6.45. The van der Waals surface area contributed by atoms with Gasteiger partial charge in [0.15, 0.2) is 0 Å². The van der Waals surface area contributed by atoms with Crippen molar-refractivity contribution in [2.45, 2.75) is 12.8 Å². The number of carbonyl (C=O) groups is 3. The van der Waals surface area contributed by atoms with Crippen LogP contribution in [0.25, 0.3) is 0 Å². The molecule has 2 aliphatic heterocycles. The van der Waals surface area contributed by atoms with Crippen LogP contribution in [0.1, 0.15) is 32.4 Å². The Morgan fingerprint density at radius 2 is 1.74 bits per heavy atom. The molecule has 0 saturated carbocycles. The zero-order chi connectivity index (χ0) is 21.8. The Balaban J connectivity index is 1.37. The number of benzene rings is 1. The molecule has 164 valence electrons. The van der Waals surface area contributed by atoms with Crippen molar-refractivity contribution >= 4 is 46.3 Å². The van der Waals surface area contributed by atoms with E-state index in [2.05, 4.69) is 15.5 Å². The first-order valence-corrected chi connectivity index (χ1v) is 11.3. The molecule has 31 heavy (non-hydrogen) atoms. The molecule has 3 amide bonds. The van der Waals surface area contributed by atoms with E-state index in [9.17, 15) is 14.4 Å². The molecular formula is C20H22ClN5O4S. The SMILES string of the molecule is O=C(Nc1ccc(Cl)cc1)c1nnc(C(=O)N2CCCC(C(=O)N3CCOCC3)C2)s1. The van der Waals surface area contributed by atoms with Crippen LogP contribution in [0.4, 0.5) is 5.69 Å². The normalized spacial score (nSPS) is 19.2. The van der Waals surface area contributed by atoms with E-state index in [0.717, 1.165) is 24.2 Å². The van der Waals surface area contributed by atoms with Crippen molar-refractivity contribution in [3.63, 3.8) is 0 Å². The molecule has 2 aliphatic rings. The van der Waals surface area contributed by atoms with Gasteiger partial charge in [-0.1, -0.05) is 22.9 Å². The average molecular weight is 464 g/mol.